The van der Waals surface area contributed by atoms with E-state index < -0.39 is 15.9 Å². The molecule has 6 nitrogen and oxygen atoms in total. The van der Waals surface area contributed by atoms with E-state index in [9.17, 15) is 13.2 Å². The molecule has 3 aromatic carbocycles. The first-order valence-corrected chi connectivity index (χ1v) is 12.8. The smallest absolute Gasteiger partial charge is 0.264 e. The van der Waals surface area contributed by atoms with Crippen LogP contribution in [0.2, 0.25) is 5.02 Å². The molecular formula is C26H29ClN2O4S. The third-order valence-electron chi connectivity index (χ3n) is 5.40. The normalized spacial score (nSPS) is 11.2. The van der Waals surface area contributed by atoms with Gasteiger partial charge in [-0.05, 0) is 62.6 Å². The van der Waals surface area contributed by atoms with Gasteiger partial charge in [-0.3, -0.25) is 9.10 Å². The van der Waals surface area contributed by atoms with E-state index >= 15 is 0 Å². The number of carbonyl (C=O) groups excluding carboxylic acids is 1. The lowest BCUT2D eigenvalue weighted by Gasteiger charge is -2.24. The molecule has 0 radical (unpaired) electrons. The number of sulfonamides is 1. The molecule has 3 rings (SSSR count). The largest absolute Gasteiger partial charge is 0.495 e. The van der Waals surface area contributed by atoms with Gasteiger partial charge in [0.2, 0.25) is 5.91 Å². The number of amides is 1. The highest BCUT2D eigenvalue weighted by Gasteiger charge is 2.27. The number of hydrogen-bond donors (Lipinski definition) is 1. The summed E-state index contributed by atoms with van der Waals surface area (Å²) in [5, 5.41) is 3.08. The molecule has 1 amide bonds. The maximum atomic E-state index is 13.5. The van der Waals surface area contributed by atoms with Gasteiger partial charge >= 0.3 is 0 Å². The van der Waals surface area contributed by atoms with Crippen LogP contribution in [-0.2, 0) is 21.2 Å². The predicted molar refractivity (Wildman–Crippen MR) is 136 cm³/mol. The first kappa shape index (κ1) is 25.6. The number of hydrogen-bond acceptors (Lipinski definition) is 4. The second-order valence-corrected chi connectivity index (χ2v) is 10.4. The monoisotopic (exact) mass is 500 g/mol. The van der Waals surface area contributed by atoms with Crippen molar-refractivity contribution in [3.05, 3.63) is 88.4 Å². The summed E-state index contributed by atoms with van der Waals surface area (Å²) in [7, 11) is -2.53. The molecule has 3 aromatic rings. The number of anilines is 1. The number of methoxy groups -OCH3 is 1. The summed E-state index contributed by atoms with van der Waals surface area (Å²) in [6.07, 6.45) is 1.56. The van der Waals surface area contributed by atoms with Gasteiger partial charge in [0.1, 0.15) is 12.3 Å². The third-order valence-corrected chi connectivity index (χ3v) is 7.49. The Labute approximate surface area is 206 Å². The number of rotatable bonds is 10. The molecule has 34 heavy (non-hydrogen) atoms. The van der Waals surface area contributed by atoms with Gasteiger partial charge in [-0.2, -0.15) is 0 Å². The molecule has 0 saturated heterocycles. The van der Waals surface area contributed by atoms with Crippen LogP contribution in [0.5, 0.6) is 5.75 Å². The van der Waals surface area contributed by atoms with Crippen molar-refractivity contribution in [3.63, 3.8) is 0 Å². The van der Waals surface area contributed by atoms with Crippen LogP contribution in [-0.4, -0.2) is 34.5 Å². The minimum atomic E-state index is -4.01. The van der Waals surface area contributed by atoms with Crippen molar-refractivity contribution in [2.45, 2.75) is 31.6 Å². The van der Waals surface area contributed by atoms with E-state index in [2.05, 4.69) is 29.6 Å². The fraction of sp³-hybridized carbons (Fsp3) is 0.269. The SMILES string of the molecule is COc1ccc(N(CC(=O)NCCCc2ccc(C)cc2)S(=O)(=O)c2ccc(C)cc2)cc1Cl. The summed E-state index contributed by atoms with van der Waals surface area (Å²) in [5.41, 5.74) is 3.60. The predicted octanol–water partition coefficient (Wildman–Crippen LogP) is 4.91. The third kappa shape index (κ3) is 6.52. The van der Waals surface area contributed by atoms with E-state index in [0.717, 1.165) is 22.7 Å². The average molecular weight is 501 g/mol. The minimum Gasteiger partial charge on any atom is -0.495 e. The molecule has 0 aromatic heterocycles. The van der Waals surface area contributed by atoms with Crippen LogP contribution in [0.3, 0.4) is 0 Å². The Hall–Kier alpha value is -3.03. The Balaban J connectivity index is 1.75. The molecule has 0 unspecified atom stereocenters. The van der Waals surface area contributed by atoms with E-state index in [-0.39, 0.29) is 22.2 Å². The molecule has 0 saturated carbocycles. The summed E-state index contributed by atoms with van der Waals surface area (Å²) in [6.45, 7) is 3.98. The number of carbonyl (C=O) groups is 1. The van der Waals surface area contributed by atoms with Crippen molar-refractivity contribution in [1.29, 1.82) is 0 Å². The Morgan fingerprint density at radius 1 is 0.971 bits per heavy atom. The molecule has 0 spiro atoms. The highest BCUT2D eigenvalue weighted by atomic mass is 35.5. The van der Waals surface area contributed by atoms with Gasteiger partial charge in [-0.15, -0.1) is 0 Å². The molecule has 0 atom stereocenters. The van der Waals surface area contributed by atoms with Crippen LogP contribution in [0.1, 0.15) is 23.1 Å². The Morgan fingerprint density at radius 2 is 1.59 bits per heavy atom. The first-order chi connectivity index (χ1) is 16.2. The van der Waals surface area contributed by atoms with Crippen molar-refractivity contribution >= 4 is 33.2 Å². The van der Waals surface area contributed by atoms with Crippen LogP contribution in [0, 0.1) is 13.8 Å². The number of nitrogens with zero attached hydrogens (tertiary/aromatic N) is 1. The average Bonchev–Trinajstić information content (AvgIpc) is 2.81. The number of aryl methyl sites for hydroxylation is 3. The maximum absolute atomic E-state index is 13.5. The van der Waals surface area contributed by atoms with Crippen molar-refractivity contribution in [2.24, 2.45) is 0 Å². The van der Waals surface area contributed by atoms with E-state index in [1.165, 1.54) is 36.4 Å². The van der Waals surface area contributed by atoms with E-state index in [0.29, 0.717) is 12.3 Å². The van der Waals surface area contributed by atoms with Gasteiger partial charge < -0.3 is 10.1 Å². The molecule has 8 heteroatoms. The van der Waals surface area contributed by atoms with Gasteiger partial charge in [0.25, 0.3) is 10.0 Å². The standard InChI is InChI=1S/C26H29ClN2O4S/c1-19-6-10-21(11-7-19)5-4-16-28-26(30)18-29(22-12-15-25(33-3)24(27)17-22)34(31,32)23-13-8-20(2)9-14-23/h6-15,17H,4-5,16,18H2,1-3H3,(H,28,30). The second-order valence-electron chi connectivity index (χ2n) is 8.08. The minimum absolute atomic E-state index is 0.0946. The zero-order valence-electron chi connectivity index (χ0n) is 19.5. The molecule has 0 fully saturated rings. The highest BCUT2D eigenvalue weighted by molar-refractivity contribution is 7.92. The summed E-state index contributed by atoms with van der Waals surface area (Å²) in [4.78, 5) is 12.8. The zero-order valence-corrected chi connectivity index (χ0v) is 21.1. The van der Waals surface area contributed by atoms with E-state index in [1.807, 2.05) is 13.8 Å². The second kappa shape index (κ2) is 11.4. The van der Waals surface area contributed by atoms with Gasteiger partial charge in [0.15, 0.2) is 0 Å². The molecule has 0 bridgehead atoms. The molecule has 180 valence electrons. The molecule has 1 N–H and O–H groups in total. The van der Waals surface area contributed by atoms with Crippen LogP contribution in [0.25, 0.3) is 0 Å². The lowest BCUT2D eigenvalue weighted by Crippen LogP contribution is -2.41. The quantitative estimate of drug-likeness (QED) is 0.401. The lowest BCUT2D eigenvalue weighted by atomic mass is 10.1. The molecule has 0 aliphatic rings. The summed E-state index contributed by atoms with van der Waals surface area (Å²) in [6, 6.07) is 19.4. The number of nitrogens with one attached hydrogen (secondary N) is 1. The summed E-state index contributed by atoms with van der Waals surface area (Å²) < 4.78 is 33.2. The van der Waals surface area contributed by atoms with Crippen molar-refractivity contribution in [1.82, 2.24) is 5.32 Å². The zero-order chi connectivity index (χ0) is 24.7. The van der Waals surface area contributed by atoms with Gasteiger partial charge in [-0.25, -0.2) is 8.42 Å². The highest BCUT2D eigenvalue weighted by Crippen LogP contribution is 2.32. The van der Waals surface area contributed by atoms with Crippen LogP contribution < -0.4 is 14.4 Å². The van der Waals surface area contributed by atoms with Crippen LogP contribution in [0.15, 0.2) is 71.6 Å². The molecule has 0 aliphatic heterocycles. The molecule has 0 aliphatic carbocycles. The number of benzene rings is 3. The van der Waals surface area contributed by atoms with Crippen molar-refractivity contribution in [2.75, 3.05) is 24.5 Å². The topological polar surface area (TPSA) is 75.7 Å². The number of ether oxygens (including phenoxy) is 1. The molecule has 0 heterocycles. The summed E-state index contributed by atoms with van der Waals surface area (Å²) in [5.74, 6) is 0.0187. The fourth-order valence-electron chi connectivity index (χ4n) is 3.42. The number of halogens is 1. The van der Waals surface area contributed by atoms with E-state index in [4.69, 9.17) is 16.3 Å². The van der Waals surface area contributed by atoms with Crippen molar-refractivity contribution < 1.29 is 17.9 Å². The Morgan fingerprint density at radius 3 is 2.18 bits per heavy atom. The van der Waals surface area contributed by atoms with Gasteiger partial charge in [0, 0.05) is 6.54 Å². The molecular weight excluding hydrogens is 472 g/mol. The van der Waals surface area contributed by atoms with Crippen molar-refractivity contribution in [3.8, 4) is 5.75 Å². The summed E-state index contributed by atoms with van der Waals surface area (Å²) >= 11 is 6.25. The Bertz CT molecular complexity index is 1230. The Kier molecular flexibility index (Phi) is 8.58. The van der Waals surface area contributed by atoms with Gasteiger partial charge in [0.05, 0.1) is 22.7 Å². The van der Waals surface area contributed by atoms with E-state index in [1.54, 1.807) is 24.3 Å². The maximum Gasteiger partial charge on any atom is 0.264 e. The van der Waals surface area contributed by atoms with Crippen LogP contribution in [0.4, 0.5) is 5.69 Å². The van der Waals surface area contributed by atoms with Crippen LogP contribution >= 0.6 is 11.6 Å². The lowest BCUT2D eigenvalue weighted by molar-refractivity contribution is -0.119. The van der Waals surface area contributed by atoms with Gasteiger partial charge in [-0.1, -0.05) is 59.1 Å². The fourth-order valence-corrected chi connectivity index (χ4v) is 5.09. The first-order valence-electron chi connectivity index (χ1n) is 11.0.